The second kappa shape index (κ2) is 5.14. The fourth-order valence-electron chi connectivity index (χ4n) is 1.98. The molecule has 1 aromatic heterocycles. The van der Waals surface area contributed by atoms with Crippen LogP contribution < -0.4 is 5.32 Å². The normalized spacial score (nSPS) is 16.2. The van der Waals surface area contributed by atoms with Crippen molar-refractivity contribution in [2.75, 3.05) is 19.4 Å². The van der Waals surface area contributed by atoms with Crippen molar-refractivity contribution in [2.45, 2.75) is 25.8 Å². The average Bonchev–Trinajstić information content (AvgIpc) is 3.21. The van der Waals surface area contributed by atoms with E-state index >= 15 is 0 Å². The van der Waals surface area contributed by atoms with Crippen LogP contribution in [-0.2, 0) is 0 Å². The molecule has 1 aliphatic carbocycles. The Bertz CT molecular complexity index is 460. The molecule has 0 saturated heterocycles. The molecule has 0 spiro atoms. The van der Waals surface area contributed by atoms with Crippen LogP contribution in [-0.4, -0.2) is 35.9 Å². The number of amides is 1. The van der Waals surface area contributed by atoms with Gasteiger partial charge in [0.05, 0.1) is 5.02 Å². The number of aromatic nitrogens is 1. The molecule has 1 aliphatic rings. The van der Waals surface area contributed by atoms with Gasteiger partial charge in [0, 0.05) is 20.1 Å². The van der Waals surface area contributed by atoms with Gasteiger partial charge in [-0.15, -0.1) is 0 Å². The van der Waals surface area contributed by atoms with E-state index in [1.807, 2.05) is 7.05 Å². The van der Waals surface area contributed by atoms with Gasteiger partial charge in [0.15, 0.2) is 0 Å². The molecule has 0 bridgehead atoms. The molecule has 1 saturated carbocycles. The molecule has 1 aromatic rings. The highest BCUT2D eigenvalue weighted by Gasteiger charge is 2.33. The Hall–Kier alpha value is -1.29. The standard InChI is InChI=1S/C13H18ClN3O/c1-8(9-4-5-9)17(3)13(18)12-10(14)6-7-11(15-2)16-12/h6-9H,4-5H2,1-3H3,(H,15,16). The van der Waals surface area contributed by atoms with E-state index < -0.39 is 0 Å². The van der Waals surface area contributed by atoms with Gasteiger partial charge in [0.1, 0.15) is 11.5 Å². The van der Waals surface area contributed by atoms with E-state index in [0.29, 0.717) is 22.5 Å². The Morgan fingerprint density at radius 2 is 2.22 bits per heavy atom. The zero-order valence-corrected chi connectivity index (χ0v) is 11.7. The fourth-order valence-corrected chi connectivity index (χ4v) is 2.16. The summed E-state index contributed by atoms with van der Waals surface area (Å²) < 4.78 is 0. The van der Waals surface area contributed by atoms with Crippen molar-refractivity contribution >= 4 is 23.3 Å². The van der Waals surface area contributed by atoms with Crippen LogP contribution in [0.1, 0.15) is 30.3 Å². The number of anilines is 1. The lowest BCUT2D eigenvalue weighted by atomic mass is 10.2. The van der Waals surface area contributed by atoms with Crippen LogP contribution in [0.4, 0.5) is 5.82 Å². The highest BCUT2D eigenvalue weighted by Crippen LogP contribution is 2.35. The number of carbonyl (C=O) groups excluding carboxylic acids is 1. The van der Waals surface area contributed by atoms with Gasteiger partial charge in [-0.3, -0.25) is 4.79 Å². The highest BCUT2D eigenvalue weighted by atomic mass is 35.5. The van der Waals surface area contributed by atoms with E-state index in [9.17, 15) is 4.79 Å². The SMILES string of the molecule is CNc1ccc(Cl)c(C(=O)N(C)C(C)C2CC2)n1. The summed E-state index contributed by atoms with van der Waals surface area (Å²) in [5.74, 6) is 1.16. The molecule has 18 heavy (non-hydrogen) atoms. The van der Waals surface area contributed by atoms with Crippen LogP contribution in [0.25, 0.3) is 0 Å². The van der Waals surface area contributed by atoms with Crippen molar-refractivity contribution in [3.05, 3.63) is 22.8 Å². The molecular formula is C13H18ClN3O. The molecule has 1 atom stereocenters. The van der Waals surface area contributed by atoms with E-state index in [1.165, 1.54) is 12.8 Å². The summed E-state index contributed by atoms with van der Waals surface area (Å²) in [5.41, 5.74) is 0.318. The highest BCUT2D eigenvalue weighted by molar-refractivity contribution is 6.33. The molecule has 0 aromatic carbocycles. The number of rotatable bonds is 4. The van der Waals surface area contributed by atoms with Crippen LogP contribution in [0.2, 0.25) is 5.02 Å². The molecule has 1 N–H and O–H groups in total. The molecule has 98 valence electrons. The van der Waals surface area contributed by atoms with Crippen molar-refractivity contribution < 1.29 is 4.79 Å². The lowest BCUT2D eigenvalue weighted by Crippen LogP contribution is -2.37. The predicted octanol–water partition coefficient (Wildman–Crippen LogP) is 2.65. The largest absolute Gasteiger partial charge is 0.373 e. The minimum absolute atomic E-state index is 0.114. The lowest BCUT2D eigenvalue weighted by molar-refractivity contribution is 0.0721. The van der Waals surface area contributed by atoms with E-state index in [2.05, 4.69) is 17.2 Å². The molecule has 5 heteroatoms. The van der Waals surface area contributed by atoms with Crippen molar-refractivity contribution in [2.24, 2.45) is 5.92 Å². The Kier molecular flexibility index (Phi) is 3.76. The molecule has 1 amide bonds. The van der Waals surface area contributed by atoms with E-state index in [1.54, 1.807) is 24.1 Å². The van der Waals surface area contributed by atoms with E-state index in [-0.39, 0.29) is 11.9 Å². The van der Waals surface area contributed by atoms with Crippen molar-refractivity contribution in [3.8, 4) is 0 Å². The van der Waals surface area contributed by atoms with Gasteiger partial charge in [0.25, 0.3) is 5.91 Å². The van der Waals surface area contributed by atoms with Gasteiger partial charge in [0.2, 0.25) is 0 Å². The maximum Gasteiger partial charge on any atom is 0.274 e. The van der Waals surface area contributed by atoms with Crippen molar-refractivity contribution in [1.82, 2.24) is 9.88 Å². The lowest BCUT2D eigenvalue weighted by Gasteiger charge is -2.25. The van der Waals surface area contributed by atoms with Gasteiger partial charge in [-0.2, -0.15) is 0 Å². The first-order valence-electron chi connectivity index (χ1n) is 6.16. The average molecular weight is 268 g/mol. The second-order valence-electron chi connectivity index (χ2n) is 4.77. The van der Waals surface area contributed by atoms with Gasteiger partial charge < -0.3 is 10.2 Å². The Morgan fingerprint density at radius 3 is 2.78 bits per heavy atom. The molecule has 1 heterocycles. The fraction of sp³-hybridized carbons (Fsp3) is 0.538. The molecule has 0 radical (unpaired) electrons. The zero-order chi connectivity index (χ0) is 13.3. The number of hydrogen-bond acceptors (Lipinski definition) is 3. The van der Waals surface area contributed by atoms with E-state index in [4.69, 9.17) is 11.6 Å². The summed E-state index contributed by atoms with van der Waals surface area (Å²) in [6.45, 7) is 2.07. The summed E-state index contributed by atoms with van der Waals surface area (Å²) in [7, 11) is 3.58. The van der Waals surface area contributed by atoms with Gasteiger partial charge in [-0.1, -0.05) is 11.6 Å². The Balaban J connectivity index is 2.21. The van der Waals surface area contributed by atoms with Gasteiger partial charge >= 0.3 is 0 Å². The van der Waals surface area contributed by atoms with Crippen molar-refractivity contribution in [3.63, 3.8) is 0 Å². The minimum atomic E-state index is -0.114. The molecule has 1 fully saturated rings. The molecular weight excluding hydrogens is 250 g/mol. The van der Waals surface area contributed by atoms with Gasteiger partial charge in [-0.05, 0) is 37.8 Å². The molecule has 2 rings (SSSR count). The van der Waals surface area contributed by atoms with Crippen LogP contribution in [0, 0.1) is 5.92 Å². The third-order valence-corrected chi connectivity index (χ3v) is 3.85. The third-order valence-electron chi connectivity index (χ3n) is 3.54. The predicted molar refractivity (Wildman–Crippen MR) is 73.1 cm³/mol. The first-order chi connectivity index (χ1) is 8.54. The van der Waals surface area contributed by atoms with E-state index in [0.717, 1.165) is 0 Å². The first-order valence-corrected chi connectivity index (χ1v) is 6.54. The number of pyridine rings is 1. The molecule has 0 aliphatic heterocycles. The number of nitrogens with one attached hydrogen (secondary N) is 1. The summed E-state index contributed by atoms with van der Waals surface area (Å²) >= 11 is 6.05. The van der Waals surface area contributed by atoms with Gasteiger partial charge in [-0.25, -0.2) is 4.98 Å². The smallest absolute Gasteiger partial charge is 0.274 e. The summed E-state index contributed by atoms with van der Waals surface area (Å²) in [4.78, 5) is 18.3. The molecule has 1 unspecified atom stereocenters. The Labute approximate surface area is 112 Å². The maximum absolute atomic E-state index is 12.4. The first kappa shape index (κ1) is 13.1. The van der Waals surface area contributed by atoms with Crippen LogP contribution in [0.5, 0.6) is 0 Å². The topological polar surface area (TPSA) is 45.2 Å². The quantitative estimate of drug-likeness (QED) is 0.912. The summed E-state index contributed by atoms with van der Waals surface area (Å²) in [6, 6.07) is 3.70. The number of hydrogen-bond donors (Lipinski definition) is 1. The Morgan fingerprint density at radius 1 is 1.56 bits per heavy atom. The summed E-state index contributed by atoms with van der Waals surface area (Å²) in [6.07, 6.45) is 2.41. The van der Waals surface area contributed by atoms with Crippen molar-refractivity contribution in [1.29, 1.82) is 0 Å². The number of nitrogens with zero attached hydrogens (tertiary/aromatic N) is 2. The zero-order valence-electron chi connectivity index (χ0n) is 10.9. The number of carbonyl (C=O) groups is 1. The minimum Gasteiger partial charge on any atom is -0.373 e. The van der Waals surface area contributed by atoms with Crippen LogP contribution >= 0.6 is 11.6 Å². The third kappa shape index (κ3) is 2.58. The maximum atomic E-state index is 12.4. The van der Waals surface area contributed by atoms with Crippen LogP contribution in [0.15, 0.2) is 12.1 Å². The molecule has 4 nitrogen and oxygen atoms in total. The number of halogens is 1. The monoisotopic (exact) mass is 267 g/mol. The summed E-state index contributed by atoms with van der Waals surface area (Å²) in [5, 5.41) is 3.31. The van der Waals surface area contributed by atoms with Crippen LogP contribution in [0.3, 0.4) is 0 Å². The second-order valence-corrected chi connectivity index (χ2v) is 5.18.